The Kier molecular flexibility index (Phi) is 4.54. The van der Waals surface area contributed by atoms with Crippen molar-refractivity contribution in [3.63, 3.8) is 0 Å². The van der Waals surface area contributed by atoms with Gasteiger partial charge < -0.3 is 10.2 Å². The minimum atomic E-state index is -0.341. The van der Waals surface area contributed by atoms with Crippen LogP contribution in [0.25, 0.3) is 10.8 Å². The number of fused-ring (bicyclic) bond motifs is 1. The van der Waals surface area contributed by atoms with E-state index in [9.17, 15) is 4.79 Å². The fraction of sp³-hybridized carbons (Fsp3) is 0.182. The van der Waals surface area contributed by atoms with Gasteiger partial charge in [-0.25, -0.2) is 0 Å². The van der Waals surface area contributed by atoms with Crippen molar-refractivity contribution in [2.75, 3.05) is 23.9 Å². The normalized spacial score (nSPS) is 16.7. The van der Waals surface area contributed by atoms with Gasteiger partial charge in [0.25, 0.3) is 5.91 Å². The van der Waals surface area contributed by atoms with Crippen molar-refractivity contribution < 1.29 is 4.79 Å². The van der Waals surface area contributed by atoms with E-state index in [1.54, 1.807) is 4.90 Å². The molecule has 1 heterocycles. The molecule has 0 aromatic heterocycles. The summed E-state index contributed by atoms with van der Waals surface area (Å²) in [5.41, 5.74) is 3.05. The summed E-state index contributed by atoms with van der Waals surface area (Å²) >= 11 is 5.52. The zero-order valence-electron chi connectivity index (χ0n) is 15.3. The van der Waals surface area contributed by atoms with Crippen LogP contribution in [0.5, 0.6) is 0 Å². The van der Waals surface area contributed by atoms with Gasteiger partial charge in [-0.05, 0) is 29.9 Å². The van der Waals surface area contributed by atoms with Crippen LogP contribution < -0.4 is 15.1 Å². The molecule has 0 aliphatic carbocycles. The van der Waals surface area contributed by atoms with Gasteiger partial charge in [0, 0.05) is 37.0 Å². The van der Waals surface area contributed by atoms with Crippen molar-refractivity contribution in [1.82, 2.24) is 5.32 Å². The average molecular weight is 375 g/mol. The summed E-state index contributed by atoms with van der Waals surface area (Å²) in [5, 5.41) is 5.78. The zero-order chi connectivity index (χ0) is 19.0. The van der Waals surface area contributed by atoms with E-state index in [1.807, 2.05) is 74.8 Å². The molecule has 4 nitrogen and oxygen atoms in total. The molecule has 1 fully saturated rings. The number of thiocarbonyl (C=S) groups is 1. The molecule has 3 aromatic carbocycles. The fourth-order valence-corrected chi connectivity index (χ4v) is 3.93. The fourth-order valence-electron chi connectivity index (χ4n) is 3.60. The Morgan fingerprint density at radius 1 is 0.963 bits per heavy atom. The number of rotatable bonds is 4. The van der Waals surface area contributed by atoms with Crippen molar-refractivity contribution >= 4 is 45.4 Å². The summed E-state index contributed by atoms with van der Waals surface area (Å²) in [7, 11) is 4.04. The Balaban J connectivity index is 1.72. The number of nitrogens with zero attached hydrogens (tertiary/aromatic N) is 2. The molecule has 1 amide bonds. The summed E-state index contributed by atoms with van der Waals surface area (Å²) in [6, 6.07) is 21.8. The van der Waals surface area contributed by atoms with E-state index in [1.165, 1.54) is 0 Å². The van der Waals surface area contributed by atoms with Gasteiger partial charge in [0.2, 0.25) is 0 Å². The minimum absolute atomic E-state index is 0.00777. The highest BCUT2D eigenvalue weighted by molar-refractivity contribution is 7.80. The van der Waals surface area contributed by atoms with Crippen molar-refractivity contribution in [2.45, 2.75) is 12.5 Å². The third-order valence-corrected chi connectivity index (χ3v) is 5.20. The first-order valence-electron chi connectivity index (χ1n) is 8.93. The van der Waals surface area contributed by atoms with Crippen LogP contribution in [0.1, 0.15) is 5.56 Å². The third kappa shape index (κ3) is 3.15. The molecule has 136 valence electrons. The van der Waals surface area contributed by atoms with Crippen molar-refractivity contribution in [3.8, 4) is 0 Å². The quantitative estimate of drug-likeness (QED) is 0.705. The lowest BCUT2D eigenvalue weighted by molar-refractivity contribution is -0.118. The largest absolute Gasteiger partial charge is 0.377 e. The number of hydrogen-bond acceptors (Lipinski definition) is 3. The molecule has 4 rings (SSSR count). The van der Waals surface area contributed by atoms with Gasteiger partial charge in [-0.3, -0.25) is 9.69 Å². The number of carbonyl (C=O) groups is 1. The monoisotopic (exact) mass is 375 g/mol. The maximum absolute atomic E-state index is 13.1. The number of nitrogens with one attached hydrogen (secondary N) is 1. The average Bonchev–Trinajstić information content (AvgIpc) is 2.95. The van der Waals surface area contributed by atoms with Crippen LogP contribution >= 0.6 is 12.2 Å². The standard InChI is InChI=1S/C22H21N3OS/c1-24(2)19-12-13-20(17-11-7-6-10-16(17)19)25-21(26)18(23-22(25)27)14-15-8-4-3-5-9-15/h3-13,18H,14H2,1-2H3,(H,23,27). The Morgan fingerprint density at radius 3 is 2.33 bits per heavy atom. The predicted octanol–water partition coefficient (Wildman–Crippen LogP) is 3.74. The van der Waals surface area contributed by atoms with Gasteiger partial charge in [0.1, 0.15) is 6.04 Å². The van der Waals surface area contributed by atoms with Crippen LogP contribution in [-0.2, 0) is 11.2 Å². The third-order valence-electron chi connectivity index (χ3n) is 4.90. The minimum Gasteiger partial charge on any atom is -0.377 e. The van der Waals surface area contributed by atoms with Gasteiger partial charge in [-0.1, -0.05) is 54.6 Å². The molecule has 1 aliphatic rings. The highest BCUT2D eigenvalue weighted by Gasteiger charge is 2.37. The van der Waals surface area contributed by atoms with Crippen LogP contribution in [0.2, 0.25) is 0 Å². The molecule has 0 radical (unpaired) electrons. The van der Waals surface area contributed by atoms with Crippen molar-refractivity contribution in [2.24, 2.45) is 0 Å². The van der Waals surface area contributed by atoms with Gasteiger partial charge in [-0.15, -0.1) is 0 Å². The predicted molar refractivity (Wildman–Crippen MR) is 115 cm³/mol. The second kappa shape index (κ2) is 7.00. The van der Waals surface area contributed by atoms with Gasteiger partial charge in [0.15, 0.2) is 5.11 Å². The maximum Gasteiger partial charge on any atom is 0.256 e. The Bertz CT molecular complexity index is 1020. The van der Waals surface area contributed by atoms with Gasteiger partial charge >= 0.3 is 0 Å². The van der Waals surface area contributed by atoms with Crippen LogP contribution in [-0.4, -0.2) is 31.2 Å². The van der Waals surface area contributed by atoms with E-state index < -0.39 is 0 Å². The molecule has 0 saturated carbocycles. The summed E-state index contributed by atoms with van der Waals surface area (Å²) in [4.78, 5) is 16.9. The topological polar surface area (TPSA) is 35.6 Å². The molecule has 27 heavy (non-hydrogen) atoms. The summed E-state index contributed by atoms with van der Waals surface area (Å²) in [5.74, 6) is -0.00777. The first-order valence-corrected chi connectivity index (χ1v) is 9.34. The second-order valence-corrected chi connectivity index (χ2v) is 7.30. The molecule has 1 saturated heterocycles. The first kappa shape index (κ1) is 17.5. The van der Waals surface area contributed by atoms with E-state index in [2.05, 4.69) is 16.3 Å². The van der Waals surface area contributed by atoms with Crippen LogP contribution in [0.4, 0.5) is 11.4 Å². The lowest BCUT2D eigenvalue weighted by Crippen LogP contribution is -2.32. The second-order valence-electron chi connectivity index (χ2n) is 6.91. The highest BCUT2D eigenvalue weighted by atomic mass is 32.1. The molecule has 1 aliphatic heterocycles. The number of amides is 1. The van der Waals surface area contributed by atoms with Crippen molar-refractivity contribution in [3.05, 3.63) is 72.3 Å². The molecular weight excluding hydrogens is 354 g/mol. The van der Waals surface area contributed by atoms with E-state index in [0.29, 0.717) is 11.5 Å². The van der Waals surface area contributed by atoms with Crippen LogP contribution in [0.3, 0.4) is 0 Å². The summed E-state index contributed by atoms with van der Waals surface area (Å²) in [6.45, 7) is 0. The maximum atomic E-state index is 13.1. The first-order chi connectivity index (χ1) is 13.1. The summed E-state index contributed by atoms with van der Waals surface area (Å²) in [6.07, 6.45) is 0.615. The van der Waals surface area contributed by atoms with Crippen LogP contribution in [0.15, 0.2) is 66.7 Å². The highest BCUT2D eigenvalue weighted by Crippen LogP contribution is 2.35. The molecule has 5 heteroatoms. The number of carbonyl (C=O) groups excluding carboxylic acids is 1. The van der Waals surface area contributed by atoms with E-state index in [-0.39, 0.29) is 11.9 Å². The van der Waals surface area contributed by atoms with Crippen molar-refractivity contribution in [1.29, 1.82) is 0 Å². The van der Waals surface area contributed by atoms with Gasteiger partial charge in [-0.2, -0.15) is 0 Å². The smallest absolute Gasteiger partial charge is 0.256 e. The lowest BCUT2D eigenvalue weighted by Gasteiger charge is -2.21. The molecule has 0 bridgehead atoms. The van der Waals surface area contributed by atoms with Gasteiger partial charge in [0.05, 0.1) is 5.69 Å². The number of benzene rings is 3. The molecule has 1 N–H and O–H groups in total. The summed E-state index contributed by atoms with van der Waals surface area (Å²) < 4.78 is 0. The van der Waals surface area contributed by atoms with E-state index >= 15 is 0 Å². The van der Waals surface area contributed by atoms with Crippen LogP contribution in [0, 0.1) is 0 Å². The van der Waals surface area contributed by atoms with E-state index in [0.717, 1.165) is 27.7 Å². The number of hydrogen-bond donors (Lipinski definition) is 1. The zero-order valence-corrected chi connectivity index (χ0v) is 16.2. The van der Waals surface area contributed by atoms with E-state index in [4.69, 9.17) is 12.2 Å². The molecular formula is C22H21N3OS. The SMILES string of the molecule is CN(C)c1ccc(N2C(=O)C(Cc3ccccc3)NC2=S)c2ccccc12. The molecule has 1 unspecified atom stereocenters. The molecule has 1 atom stereocenters. The molecule has 3 aromatic rings. The Labute approximate surface area is 164 Å². The number of anilines is 2. The Hall–Kier alpha value is -2.92. The lowest BCUT2D eigenvalue weighted by atomic mass is 10.0. The Morgan fingerprint density at radius 2 is 1.63 bits per heavy atom. The molecule has 0 spiro atoms.